The second-order valence-electron chi connectivity index (χ2n) is 5.43. The molecule has 0 radical (unpaired) electrons. The quantitative estimate of drug-likeness (QED) is 0.801. The summed E-state index contributed by atoms with van der Waals surface area (Å²) in [4.78, 5) is 28.7. The Morgan fingerprint density at radius 3 is 2.77 bits per heavy atom. The Hall–Kier alpha value is -1.68. The highest BCUT2D eigenvalue weighted by molar-refractivity contribution is 7.09. The topological polar surface area (TPSA) is 74.3 Å². The molecule has 0 aliphatic carbocycles. The van der Waals surface area contributed by atoms with Gasteiger partial charge in [-0.15, -0.1) is 11.3 Å². The van der Waals surface area contributed by atoms with Gasteiger partial charge in [0.2, 0.25) is 0 Å². The first kappa shape index (κ1) is 15.2. The van der Waals surface area contributed by atoms with Crippen LogP contribution >= 0.6 is 11.3 Å². The fourth-order valence-corrected chi connectivity index (χ4v) is 3.64. The van der Waals surface area contributed by atoms with Gasteiger partial charge in [0.1, 0.15) is 10.5 Å². The number of nitrogens with zero attached hydrogens (tertiary/aromatic N) is 2. The van der Waals surface area contributed by atoms with E-state index in [1.54, 1.807) is 0 Å². The maximum absolute atomic E-state index is 12.5. The summed E-state index contributed by atoms with van der Waals surface area (Å²) >= 11 is 0.942. The molecule has 3 amide bonds. The van der Waals surface area contributed by atoms with Crippen LogP contribution < -0.4 is 10.6 Å². The second-order valence-corrected chi connectivity index (χ2v) is 6.37. The molecule has 2 fully saturated rings. The standard InChI is InChI=1S/C12H13F3N4O2S/c13-12(14,15)7-5-22-8(16-7)4-19-3-1-2-11(6-19)9(20)17-10(21)18-11/h5H,1-4,6H2,(H2,17,18,20,21)/t11-/m1/s1. The molecule has 2 aliphatic rings. The Morgan fingerprint density at radius 1 is 1.41 bits per heavy atom. The number of alkyl halides is 3. The van der Waals surface area contributed by atoms with Crippen molar-refractivity contribution in [1.82, 2.24) is 20.5 Å². The molecule has 1 aromatic rings. The molecule has 0 saturated carbocycles. The highest BCUT2D eigenvalue weighted by atomic mass is 32.1. The maximum atomic E-state index is 12.5. The van der Waals surface area contributed by atoms with E-state index in [2.05, 4.69) is 15.6 Å². The molecule has 2 saturated heterocycles. The average molecular weight is 334 g/mol. The Morgan fingerprint density at radius 2 is 2.18 bits per heavy atom. The molecule has 2 aliphatic heterocycles. The van der Waals surface area contributed by atoms with Gasteiger partial charge in [-0.3, -0.25) is 15.0 Å². The number of rotatable bonds is 2. The van der Waals surface area contributed by atoms with E-state index < -0.39 is 23.4 Å². The van der Waals surface area contributed by atoms with Gasteiger partial charge in [0.15, 0.2) is 5.69 Å². The van der Waals surface area contributed by atoms with E-state index in [0.29, 0.717) is 24.4 Å². The van der Waals surface area contributed by atoms with Crippen LogP contribution in [0.1, 0.15) is 23.5 Å². The van der Waals surface area contributed by atoms with Crippen molar-refractivity contribution in [3.63, 3.8) is 0 Å². The zero-order valence-corrected chi connectivity index (χ0v) is 12.2. The average Bonchev–Trinajstić information content (AvgIpc) is 2.96. The number of urea groups is 1. The van der Waals surface area contributed by atoms with Crippen LogP contribution in [0.25, 0.3) is 0 Å². The highest BCUT2D eigenvalue weighted by Crippen LogP contribution is 2.31. The lowest BCUT2D eigenvalue weighted by molar-refractivity contribution is -0.140. The van der Waals surface area contributed by atoms with E-state index in [-0.39, 0.29) is 19.0 Å². The van der Waals surface area contributed by atoms with E-state index in [1.165, 1.54) is 0 Å². The molecule has 22 heavy (non-hydrogen) atoms. The van der Waals surface area contributed by atoms with E-state index in [0.717, 1.165) is 16.7 Å². The minimum absolute atomic E-state index is 0.228. The number of amides is 3. The number of piperidine rings is 1. The number of carbonyl (C=O) groups is 2. The van der Waals surface area contributed by atoms with E-state index in [1.807, 2.05) is 4.90 Å². The van der Waals surface area contributed by atoms with Crippen molar-refractivity contribution in [2.24, 2.45) is 0 Å². The molecule has 10 heteroatoms. The lowest BCUT2D eigenvalue weighted by atomic mass is 9.89. The first-order valence-corrected chi connectivity index (χ1v) is 7.54. The van der Waals surface area contributed by atoms with Gasteiger partial charge in [0, 0.05) is 11.9 Å². The summed E-state index contributed by atoms with van der Waals surface area (Å²) < 4.78 is 37.6. The zero-order chi connectivity index (χ0) is 16.0. The SMILES string of the molecule is O=C1NC(=O)[C@]2(CCCN(Cc3nc(C(F)(F)F)cs3)C2)N1. The first-order chi connectivity index (χ1) is 10.3. The van der Waals surface area contributed by atoms with E-state index in [9.17, 15) is 22.8 Å². The number of hydrogen-bond acceptors (Lipinski definition) is 5. The largest absolute Gasteiger partial charge is 0.434 e. The second kappa shape index (κ2) is 5.20. The summed E-state index contributed by atoms with van der Waals surface area (Å²) in [6.45, 7) is 1.14. The fraction of sp³-hybridized carbons (Fsp3) is 0.583. The van der Waals surface area contributed by atoms with Gasteiger partial charge in [-0.25, -0.2) is 9.78 Å². The summed E-state index contributed by atoms with van der Waals surface area (Å²) in [5.41, 5.74) is -1.87. The third-order valence-corrected chi connectivity index (χ3v) is 4.62. The van der Waals surface area contributed by atoms with Crippen molar-refractivity contribution in [3.8, 4) is 0 Å². The van der Waals surface area contributed by atoms with Crippen LogP contribution in [-0.2, 0) is 17.5 Å². The van der Waals surface area contributed by atoms with Crippen molar-refractivity contribution in [2.75, 3.05) is 13.1 Å². The van der Waals surface area contributed by atoms with Gasteiger partial charge in [0.05, 0.1) is 6.54 Å². The van der Waals surface area contributed by atoms with Crippen LogP contribution in [-0.4, -0.2) is 40.5 Å². The van der Waals surface area contributed by atoms with Crippen LogP contribution in [0.4, 0.5) is 18.0 Å². The molecule has 2 N–H and O–H groups in total. The zero-order valence-electron chi connectivity index (χ0n) is 11.4. The monoisotopic (exact) mass is 334 g/mol. The number of nitrogens with one attached hydrogen (secondary N) is 2. The minimum atomic E-state index is -4.45. The number of hydrogen-bond donors (Lipinski definition) is 2. The molecule has 0 bridgehead atoms. The Bertz CT molecular complexity index is 618. The third kappa shape index (κ3) is 2.80. The number of aromatic nitrogens is 1. The molecule has 0 aromatic carbocycles. The van der Waals surface area contributed by atoms with Gasteiger partial charge in [0.25, 0.3) is 5.91 Å². The maximum Gasteiger partial charge on any atom is 0.434 e. The van der Waals surface area contributed by atoms with Crippen LogP contribution in [0.2, 0.25) is 0 Å². The van der Waals surface area contributed by atoms with Gasteiger partial charge in [-0.1, -0.05) is 0 Å². The number of likely N-dealkylation sites (tertiary alicyclic amines) is 1. The number of halogens is 3. The molecular weight excluding hydrogens is 321 g/mol. The van der Waals surface area contributed by atoms with Crippen LogP contribution in [0.3, 0.4) is 0 Å². The van der Waals surface area contributed by atoms with Crippen molar-refractivity contribution in [1.29, 1.82) is 0 Å². The molecule has 120 valence electrons. The summed E-state index contributed by atoms with van der Waals surface area (Å²) in [6, 6.07) is -0.527. The lowest BCUT2D eigenvalue weighted by Gasteiger charge is -2.37. The lowest BCUT2D eigenvalue weighted by Crippen LogP contribution is -2.58. The predicted octanol–water partition coefficient (Wildman–Crippen LogP) is 1.34. The van der Waals surface area contributed by atoms with Gasteiger partial charge in [-0.2, -0.15) is 13.2 Å². The fourth-order valence-electron chi connectivity index (χ4n) is 2.80. The summed E-state index contributed by atoms with van der Waals surface area (Å²) in [5.74, 6) is -0.377. The summed E-state index contributed by atoms with van der Waals surface area (Å²) in [5, 5.41) is 6.16. The highest BCUT2D eigenvalue weighted by Gasteiger charge is 2.48. The molecule has 1 aromatic heterocycles. The van der Waals surface area contributed by atoms with Crippen molar-refractivity contribution in [3.05, 3.63) is 16.1 Å². The predicted molar refractivity (Wildman–Crippen MR) is 71.0 cm³/mol. The van der Waals surface area contributed by atoms with Gasteiger partial charge >= 0.3 is 12.2 Å². The molecule has 1 atom stereocenters. The first-order valence-electron chi connectivity index (χ1n) is 6.66. The van der Waals surface area contributed by atoms with E-state index >= 15 is 0 Å². The summed E-state index contributed by atoms with van der Waals surface area (Å²) in [6.07, 6.45) is -3.25. The van der Waals surface area contributed by atoms with Gasteiger partial charge < -0.3 is 5.32 Å². The smallest absolute Gasteiger partial charge is 0.322 e. The molecule has 1 spiro atoms. The number of thiazole rings is 1. The number of imide groups is 1. The van der Waals surface area contributed by atoms with Crippen LogP contribution in [0.15, 0.2) is 5.38 Å². The summed E-state index contributed by atoms with van der Waals surface area (Å²) in [7, 11) is 0. The molecule has 0 unspecified atom stereocenters. The Kier molecular flexibility index (Phi) is 3.60. The van der Waals surface area contributed by atoms with Crippen molar-refractivity contribution >= 4 is 23.3 Å². The van der Waals surface area contributed by atoms with E-state index in [4.69, 9.17) is 0 Å². The van der Waals surface area contributed by atoms with Gasteiger partial charge in [-0.05, 0) is 19.4 Å². The van der Waals surface area contributed by atoms with Crippen molar-refractivity contribution < 1.29 is 22.8 Å². The molecule has 3 rings (SSSR count). The molecule has 6 nitrogen and oxygen atoms in total. The molecule has 3 heterocycles. The third-order valence-electron chi connectivity index (χ3n) is 3.79. The Balaban J connectivity index is 1.70. The normalized spacial score (nSPS) is 26.3. The van der Waals surface area contributed by atoms with Crippen LogP contribution in [0, 0.1) is 0 Å². The number of carbonyl (C=O) groups excluding carboxylic acids is 2. The van der Waals surface area contributed by atoms with Crippen LogP contribution in [0.5, 0.6) is 0 Å². The minimum Gasteiger partial charge on any atom is -0.322 e. The molecular formula is C12H13F3N4O2S. The Labute approximate surface area is 127 Å². The van der Waals surface area contributed by atoms with Crippen molar-refractivity contribution in [2.45, 2.75) is 31.1 Å².